The minimum Gasteiger partial charge on any atom is -0.378 e. The molecule has 1 fully saturated rings. The third-order valence-corrected chi connectivity index (χ3v) is 4.15. The quantitative estimate of drug-likeness (QED) is 0.848. The van der Waals surface area contributed by atoms with Crippen molar-refractivity contribution in [3.63, 3.8) is 0 Å². The highest BCUT2D eigenvalue weighted by molar-refractivity contribution is 5.23. The summed E-state index contributed by atoms with van der Waals surface area (Å²) in [6.45, 7) is 8.63. The summed E-state index contributed by atoms with van der Waals surface area (Å²) >= 11 is 0. The second-order valence-corrected chi connectivity index (χ2v) is 5.78. The van der Waals surface area contributed by atoms with Crippen LogP contribution in [0.2, 0.25) is 0 Å². The summed E-state index contributed by atoms with van der Waals surface area (Å²) in [6.07, 6.45) is 3.87. The molecule has 2 nitrogen and oxygen atoms in total. The largest absolute Gasteiger partial charge is 0.378 e. The maximum absolute atomic E-state index is 5.75. The first kappa shape index (κ1) is 14.5. The van der Waals surface area contributed by atoms with Crippen molar-refractivity contribution < 1.29 is 4.74 Å². The number of rotatable bonds is 6. The lowest BCUT2D eigenvalue weighted by Crippen LogP contribution is -2.41. The van der Waals surface area contributed by atoms with Crippen molar-refractivity contribution in [2.45, 2.75) is 52.2 Å². The van der Waals surface area contributed by atoms with Crippen LogP contribution in [0, 0.1) is 12.8 Å². The molecule has 1 heterocycles. The molecule has 1 N–H and O–H groups in total. The van der Waals surface area contributed by atoms with E-state index < -0.39 is 0 Å². The second kappa shape index (κ2) is 7.06. The lowest BCUT2D eigenvalue weighted by atomic mass is 9.88. The van der Waals surface area contributed by atoms with Crippen LogP contribution in [0.3, 0.4) is 0 Å². The van der Waals surface area contributed by atoms with Crippen LogP contribution in [-0.4, -0.2) is 25.3 Å². The van der Waals surface area contributed by atoms with Gasteiger partial charge in [-0.25, -0.2) is 0 Å². The van der Waals surface area contributed by atoms with Crippen LogP contribution in [-0.2, 0) is 11.2 Å². The zero-order chi connectivity index (χ0) is 13.7. The molecule has 3 atom stereocenters. The van der Waals surface area contributed by atoms with Gasteiger partial charge in [-0.1, -0.05) is 36.8 Å². The summed E-state index contributed by atoms with van der Waals surface area (Å²) in [6, 6.07) is 9.42. The molecule has 2 rings (SSSR count). The minimum atomic E-state index is 0.388. The summed E-state index contributed by atoms with van der Waals surface area (Å²) in [5.74, 6) is 0.645. The topological polar surface area (TPSA) is 21.3 Å². The van der Waals surface area contributed by atoms with E-state index in [9.17, 15) is 0 Å². The van der Waals surface area contributed by atoms with Crippen LogP contribution >= 0.6 is 0 Å². The fraction of sp³-hybridized carbons (Fsp3) is 0.647. The van der Waals surface area contributed by atoms with Gasteiger partial charge in [0, 0.05) is 18.6 Å². The first-order valence-corrected chi connectivity index (χ1v) is 7.61. The molecular weight excluding hydrogens is 234 g/mol. The van der Waals surface area contributed by atoms with E-state index in [1.807, 2.05) is 0 Å². The van der Waals surface area contributed by atoms with Gasteiger partial charge in [-0.2, -0.15) is 0 Å². The number of aryl methyl sites for hydroxylation is 1. The molecule has 0 aliphatic carbocycles. The molecule has 19 heavy (non-hydrogen) atoms. The zero-order valence-corrected chi connectivity index (χ0v) is 12.5. The highest BCUT2D eigenvalue weighted by Gasteiger charge is 2.31. The summed E-state index contributed by atoms with van der Waals surface area (Å²) in [4.78, 5) is 0. The smallest absolute Gasteiger partial charge is 0.0590 e. The lowest BCUT2D eigenvalue weighted by molar-refractivity contribution is 0.0954. The number of nitrogens with one attached hydrogen (secondary N) is 1. The van der Waals surface area contributed by atoms with Crippen molar-refractivity contribution in [1.29, 1.82) is 0 Å². The molecule has 0 aromatic heterocycles. The average Bonchev–Trinajstić information content (AvgIpc) is 2.81. The Bertz CT molecular complexity index is 391. The number of hydrogen-bond acceptors (Lipinski definition) is 2. The average molecular weight is 261 g/mol. The molecular formula is C17H27NO. The van der Waals surface area contributed by atoms with Crippen molar-refractivity contribution in [3.05, 3.63) is 35.4 Å². The predicted octanol–water partition coefficient (Wildman–Crippen LogP) is 3.33. The molecule has 3 unspecified atom stereocenters. The molecule has 1 aromatic rings. The summed E-state index contributed by atoms with van der Waals surface area (Å²) in [7, 11) is 0. The molecule has 106 valence electrons. The molecule has 1 aliphatic heterocycles. The molecule has 0 bridgehead atoms. The van der Waals surface area contributed by atoms with Gasteiger partial charge in [0.1, 0.15) is 0 Å². The summed E-state index contributed by atoms with van der Waals surface area (Å²) < 4.78 is 5.75. The van der Waals surface area contributed by atoms with E-state index in [0.717, 1.165) is 19.6 Å². The number of ether oxygens (including phenoxy) is 1. The van der Waals surface area contributed by atoms with Crippen molar-refractivity contribution in [2.24, 2.45) is 5.92 Å². The van der Waals surface area contributed by atoms with Gasteiger partial charge < -0.3 is 10.1 Å². The maximum atomic E-state index is 5.75. The van der Waals surface area contributed by atoms with Gasteiger partial charge in [0.2, 0.25) is 0 Å². The Morgan fingerprint density at radius 3 is 2.89 bits per heavy atom. The van der Waals surface area contributed by atoms with Crippen LogP contribution < -0.4 is 5.32 Å². The first-order chi connectivity index (χ1) is 9.20. The van der Waals surface area contributed by atoms with Gasteiger partial charge in [0.25, 0.3) is 0 Å². The SMILES string of the molecule is CCCNC(Cc1cccc(C)c1)C1CCOC1C. The Balaban J connectivity index is 2.04. The monoisotopic (exact) mass is 261 g/mol. The molecule has 1 saturated heterocycles. The van der Waals surface area contributed by atoms with Crippen LogP contribution in [0.4, 0.5) is 0 Å². The number of hydrogen-bond donors (Lipinski definition) is 1. The van der Waals surface area contributed by atoms with Crippen LogP contribution in [0.15, 0.2) is 24.3 Å². The van der Waals surface area contributed by atoms with Gasteiger partial charge in [-0.15, -0.1) is 0 Å². The molecule has 0 radical (unpaired) electrons. The van der Waals surface area contributed by atoms with Gasteiger partial charge >= 0.3 is 0 Å². The Morgan fingerprint density at radius 2 is 2.26 bits per heavy atom. The summed E-state index contributed by atoms with van der Waals surface area (Å²) in [5, 5.41) is 3.73. The van der Waals surface area contributed by atoms with E-state index >= 15 is 0 Å². The highest BCUT2D eigenvalue weighted by Crippen LogP contribution is 2.26. The Kier molecular flexibility index (Phi) is 5.41. The molecule has 0 spiro atoms. The third kappa shape index (κ3) is 4.05. The normalized spacial score (nSPS) is 24.6. The maximum Gasteiger partial charge on any atom is 0.0590 e. The van der Waals surface area contributed by atoms with Crippen LogP contribution in [0.25, 0.3) is 0 Å². The van der Waals surface area contributed by atoms with Crippen molar-refractivity contribution in [1.82, 2.24) is 5.32 Å². The van der Waals surface area contributed by atoms with Crippen LogP contribution in [0.5, 0.6) is 0 Å². The number of benzene rings is 1. The van der Waals surface area contributed by atoms with Gasteiger partial charge in [0.15, 0.2) is 0 Å². The zero-order valence-electron chi connectivity index (χ0n) is 12.5. The molecule has 1 aliphatic rings. The van der Waals surface area contributed by atoms with Gasteiger partial charge in [-0.3, -0.25) is 0 Å². The Labute approximate surface area is 117 Å². The van der Waals surface area contributed by atoms with E-state index in [1.54, 1.807) is 0 Å². The van der Waals surface area contributed by atoms with Crippen molar-refractivity contribution in [2.75, 3.05) is 13.2 Å². The van der Waals surface area contributed by atoms with E-state index in [-0.39, 0.29) is 0 Å². The third-order valence-electron chi connectivity index (χ3n) is 4.15. The van der Waals surface area contributed by atoms with Gasteiger partial charge in [0.05, 0.1) is 6.10 Å². The van der Waals surface area contributed by atoms with Gasteiger partial charge in [-0.05, 0) is 45.2 Å². The molecule has 2 heteroatoms. The minimum absolute atomic E-state index is 0.388. The summed E-state index contributed by atoms with van der Waals surface area (Å²) in [5.41, 5.74) is 2.79. The lowest BCUT2D eigenvalue weighted by Gasteiger charge is -2.27. The fourth-order valence-electron chi connectivity index (χ4n) is 3.07. The van der Waals surface area contributed by atoms with E-state index in [0.29, 0.717) is 18.1 Å². The highest BCUT2D eigenvalue weighted by atomic mass is 16.5. The van der Waals surface area contributed by atoms with Crippen molar-refractivity contribution >= 4 is 0 Å². The Morgan fingerprint density at radius 1 is 1.42 bits per heavy atom. The van der Waals surface area contributed by atoms with E-state index in [2.05, 4.69) is 50.4 Å². The van der Waals surface area contributed by atoms with Crippen molar-refractivity contribution in [3.8, 4) is 0 Å². The molecule has 0 saturated carbocycles. The van der Waals surface area contributed by atoms with E-state index in [1.165, 1.54) is 24.0 Å². The molecule has 0 amide bonds. The first-order valence-electron chi connectivity index (χ1n) is 7.61. The fourth-order valence-corrected chi connectivity index (χ4v) is 3.07. The molecule has 1 aromatic carbocycles. The Hall–Kier alpha value is -0.860. The predicted molar refractivity (Wildman–Crippen MR) is 80.5 cm³/mol. The van der Waals surface area contributed by atoms with E-state index in [4.69, 9.17) is 4.74 Å². The second-order valence-electron chi connectivity index (χ2n) is 5.78. The standard InChI is InChI=1S/C17H27NO/c1-4-9-18-17(16-8-10-19-14(16)3)12-15-7-5-6-13(2)11-15/h5-7,11,14,16-18H,4,8-10,12H2,1-3H3. The van der Waals surface area contributed by atoms with Crippen LogP contribution in [0.1, 0.15) is 37.8 Å².